The summed E-state index contributed by atoms with van der Waals surface area (Å²) in [4.78, 5) is 26.7. The van der Waals surface area contributed by atoms with Gasteiger partial charge in [0.2, 0.25) is 0 Å². The number of halogens is 3. The van der Waals surface area contributed by atoms with Crippen molar-refractivity contribution < 1.29 is 22.8 Å². The van der Waals surface area contributed by atoms with E-state index >= 15 is 0 Å². The summed E-state index contributed by atoms with van der Waals surface area (Å²) in [5.74, 6) is -4.99. The zero-order valence-electron chi connectivity index (χ0n) is 12.0. The first-order chi connectivity index (χ1) is 10.4. The van der Waals surface area contributed by atoms with Crippen molar-refractivity contribution in [1.82, 2.24) is 15.1 Å². The highest BCUT2D eigenvalue weighted by molar-refractivity contribution is 5.94. The largest absolute Gasteiger partial charge is 0.338 e. The van der Waals surface area contributed by atoms with E-state index in [0.29, 0.717) is 31.8 Å². The standard InChI is InChI=1S/C14H16F3N3O2/c1-2-18-14(22)20-5-3-19(4-6-20)13(21)9-7-10(15)12(17)11(16)8-9/h7-8H,2-6H2,1H3,(H,18,22). The normalized spacial score (nSPS) is 14.9. The summed E-state index contributed by atoms with van der Waals surface area (Å²) in [6.07, 6.45) is 0. The van der Waals surface area contributed by atoms with Crippen LogP contribution in [0.15, 0.2) is 12.1 Å². The minimum atomic E-state index is -1.60. The molecule has 0 saturated carbocycles. The Balaban J connectivity index is 2.02. The van der Waals surface area contributed by atoms with Crippen molar-refractivity contribution in [2.45, 2.75) is 6.92 Å². The molecule has 120 valence electrons. The second-order valence-electron chi connectivity index (χ2n) is 4.87. The second kappa shape index (κ2) is 6.67. The predicted octanol–water partition coefficient (Wildman–Crippen LogP) is 1.59. The molecule has 0 unspecified atom stereocenters. The van der Waals surface area contributed by atoms with E-state index < -0.39 is 23.4 Å². The van der Waals surface area contributed by atoms with E-state index in [0.717, 1.165) is 0 Å². The molecule has 0 aliphatic carbocycles. The van der Waals surface area contributed by atoms with Crippen LogP contribution in [-0.2, 0) is 0 Å². The third-order valence-corrected chi connectivity index (χ3v) is 3.41. The molecule has 3 amide bonds. The monoisotopic (exact) mass is 315 g/mol. The van der Waals surface area contributed by atoms with Crippen molar-refractivity contribution in [1.29, 1.82) is 0 Å². The number of nitrogens with one attached hydrogen (secondary N) is 1. The molecule has 1 aliphatic rings. The van der Waals surface area contributed by atoms with Gasteiger partial charge in [0.25, 0.3) is 5.91 Å². The molecular formula is C14H16F3N3O2. The van der Waals surface area contributed by atoms with Crippen LogP contribution in [0.1, 0.15) is 17.3 Å². The topological polar surface area (TPSA) is 52.7 Å². The van der Waals surface area contributed by atoms with E-state index in [9.17, 15) is 22.8 Å². The molecule has 0 spiro atoms. The Morgan fingerprint density at radius 3 is 2.05 bits per heavy atom. The Hall–Kier alpha value is -2.25. The highest BCUT2D eigenvalue weighted by Gasteiger charge is 2.25. The molecule has 5 nitrogen and oxygen atoms in total. The molecule has 0 bridgehead atoms. The fourth-order valence-electron chi connectivity index (χ4n) is 2.24. The first-order valence-corrected chi connectivity index (χ1v) is 6.90. The van der Waals surface area contributed by atoms with E-state index in [-0.39, 0.29) is 24.7 Å². The lowest BCUT2D eigenvalue weighted by atomic mass is 10.1. The number of hydrogen-bond acceptors (Lipinski definition) is 2. The lowest BCUT2D eigenvalue weighted by Crippen LogP contribution is -2.53. The summed E-state index contributed by atoms with van der Waals surface area (Å²) in [5, 5.41) is 2.65. The fraction of sp³-hybridized carbons (Fsp3) is 0.429. The Morgan fingerprint density at radius 2 is 1.55 bits per heavy atom. The van der Waals surface area contributed by atoms with E-state index in [4.69, 9.17) is 0 Å². The van der Waals surface area contributed by atoms with Crippen molar-refractivity contribution in [3.05, 3.63) is 35.1 Å². The van der Waals surface area contributed by atoms with Crippen LogP contribution in [0, 0.1) is 17.5 Å². The summed E-state index contributed by atoms with van der Waals surface area (Å²) in [7, 11) is 0. The molecule has 22 heavy (non-hydrogen) atoms. The average Bonchev–Trinajstić information content (AvgIpc) is 2.51. The summed E-state index contributed by atoms with van der Waals surface area (Å²) in [6, 6.07) is 1.14. The average molecular weight is 315 g/mol. The number of piperazine rings is 1. The third-order valence-electron chi connectivity index (χ3n) is 3.41. The number of nitrogens with zero attached hydrogens (tertiary/aromatic N) is 2. The van der Waals surface area contributed by atoms with Gasteiger partial charge in [-0.2, -0.15) is 0 Å². The highest BCUT2D eigenvalue weighted by atomic mass is 19.2. The summed E-state index contributed by atoms with van der Waals surface area (Å²) in [6.45, 7) is 3.45. The maximum Gasteiger partial charge on any atom is 0.317 e. The van der Waals surface area contributed by atoms with Crippen LogP contribution >= 0.6 is 0 Å². The Labute approximate surface area is 125 Å². The van der Waals surface area contributed by atoms with Gasteiger partial charge in [-0.15, -0.1) is 0 Å². The van der Waals surface area contributed by atoms with Crippen LogP contribution in [-0.4, -0.2) is 54.5 Å². The van der Waals surface area contributed by atoms with Crippen LogP contribution in [0.4, 0.5) is 18.0 Å². The number of carbonyl (C=O) groups excluding carboxylic acids is 2. The van der Waals surface area contributed by atoms with Crippen LogP contribution in [0.25, 0.3) is 0 Å². The van der Waals surface area contributed by atoms with Gasteiger partial charge in [-0.05, 0) is 19.1 Å². The molecule has 1 fully saturated rings. The molecule has 1 saturated heterocycles. The van der Waals surface area contributed by atoms with E-state index in [1.165, 1.54) is 4.90 Å². The number of rotatable bonds is 2. The molecule has 0 aromatic heterocycles. The van der Waals surface area contributed by atoms with Crippen molar-refractivity contribution >= 4 is 11.9 Å². The minimum absolute atomic E-state index is 0.214. The smallest absolute Gasteiger partial charge is 0.317 e. The molecular weight excluding hydrogens is 299 g/mol. The van der Waals surface area contributed by atoms with Gasteiger partial charge in [0.05, 0.1) is 0 Å². The zero-order chi connectivity index (χ0) is 16.3. The lowest BCUT2D eigenvalue weighted by Gasteiger charge is -2.34. The number of benzene rings is 1. The summed E-state index contributed by atoms with van der Waals surface area (Å²) >= 11 is 0. The van der Waals surface area contributed by atoms with Crippen molar-refractivity contribution in [3.8, 4) is 0 Å². The van der Waals surface area contributed by atoms with Crippen molar-refractivity contribution in [2.75, 3.05) is 32.7 Å². The molecule has 0 radical (unpaired) electrons. The van der Waals surface area contributed by atoms with Gasteiger partial charge in [0.15, 0.2) is 17.5 Å². The molecule has 0 atom stereocenters. The molecule has 1 aromatic rings. The molecule has 8 heteroatoms. The maximum absolute atomic E-state index is 13.2. The molecule has 1 heterocycles. The van der Waals surface area contributed by atoms with Crippen LogP contribution in [0.5, 0.6) is 0 Å². The summed E-state index contributed by atoms with van der Waals surface area (Å²) in [5.41, 5.74) is -0.247. The van der Waals surface area contributed by atoms with Crippen molar-refractivity contribution in [3.63, 3.8) is 0 Å². The fourth-order valence-corrected chi connectivity index (χ4v) is 2.24. The van der Waals surface area contributed by atoms with Gasteiger partial charge in [0.1, 0.15) is 0 Å². The Kier molecular flexibility index (Phi) is 4.89. The molecule has 1 N–H and O–H groups in total. The molecule has 2 rings (SSSR count). The highest BCUT2D eigenvalue weighted by Crippen LogP contribution is 2.16. The van der Waals surface area contributed by atoms with Gasteiger partial charge in [-0.3, -0.25) is 4.79 Å². The Morgan fingerprint density at radius 1 is 1.05 bits per heavy atom. The quantitative estimate of drug-likeness (QED) is 0.843. The molecule has 1 aliphatic heterocycles. The van der Waals surface area contributed by atoms with Gasteiger partial charge in [-0.1, -0.05) is 0 Å². The lowest BCUT2D eigenvalue weighted by molar-refractivity contribution is 0.0664. The van der Waals surface area contributed by atoms with Gasteiger partial charge in [-0.25, -0.2) is 18.0 Å². The zero-order valence-corrected chi connectivity index (χ0v) is 12.0. The van der Waals surface area contributed by atoms with Crippen LogP contribution in [0.3, 0.4) is 0 Å². The first-order valence-electron chi connectivity index (χ1n) is 6.90. The predicted molar refractivity (Wildman–Crippen MR) is 72.9 cm³/mol. The van der Waals surface area contributed by atoms with E-state index in [2.05, 4.69) is 5.32 Å². The number of amides is 3. The number of urea groups is 1. The van der Waals surface area contributed by atoms with Crippen LogP contribution in [0.2, 0.25) is 0 Å². The summed E-state index contributed by atoms with van der Waals surface area (Å²) < 4.78 is 39.2. The van der Waals surface area contributed by atoms with E-state index in [1.54, 1.807) is 11.8 Å². The van der Waals surface area contributed by atoms with Crippen LogP contribution < -0.4 is 5.32 Å². The van der Waals surface area contributed by atoms with Crippen molar-refractivity contribution in [2.24, 2.45) is 0 Å². The van der Waals surface area contributed by atoms with Gasteiger partial charge in [0, 0.05) is 38.3 Å². The first kappa shape index (κ1) is 16.1. The van der Waals surface area contributed by atoms with E-state index in [1.807, 2.05) is 0 Å². The maximum atomic E-state index is 13.2. The van der Waals surface area contributed by atoms with Gasteiger partial charge >= 0.3 is 6.03 Å². The number of hydrogen-bond donors (Lipinski definition) is 1. The second-order valence-corrected chi connectivity index (χ2v) is 4.87. The third kappa shape index (κ3) is 3.32. The minimum Gasteiger partial charge on any atom is -0.338 e. The number of carbonyl (C=O) groups is 2. The molecule has 1 aromatic carbocycles. The Bertz CT molecular complexity index is 564. The SMILES string of the molecule is CCNC(=O)N1CCN(C(=O)c2cc(F)c(F)c(F)c2)CC1. The van der Waals surface area contributed by atoms with Gasteiger partial charge < -0.3 is 15.1 Å².